The number of halogens is 3. The van der Waals surface area contributed by atoms with Crippen molar-refractivity contribution in [2.45, 2.75) is 6.10 Å². The largest absolute Gasteiger partial charge is 0.479 e. The normalized spacial score (nSPS) is 12.0. The van der Waals surface area contributed by atoms with Gasteiger partial charge in [-0.2, -0.15) is 0 Å². The molecular weight excluding hydrogens is 318 g/mol. The highest BCUT2D eigenvalue weighted by molar-refractivity contribution is 6.48. The Morgan fingerprint density at radius 3 is 2.58 bits per heavy atom. The third-order valence-corrected chi connectivity index (χ3v) is 3.38. The first kappa shape index (κ1) is 16.0. The molecule has 1 amide bonds. The predicted octanol–water partition coefficient (Wildman–Crippen LogP) is 1.87. The van der Waals surface area contributed by atoms with Gasteiger partial charge in [0.25, 0.3) is 5.91 Å². The van der Waals surface area contributed by atoms with Gasteiger partial charge in [0.1, 0.15) is 5.69 Å². The van der Waals surface area contributed by atoms with Crippen molar-refractivity contribution in [3.8, 4) is 0 Å². The molecule has 0 aromatic carbocycles. The van der Waals surface area contributed by atoms with Crippen molar-refractivity contribution < 1.29 is 19.4 Å². The second kappa shape index (κ2) is 6.91. The number of carboxylic acids is 1. The van der Waals surface area contributed by atoms with Crippen molar-refractivity contribution in [2.75, 3.05) is 13.7 Å². The van der Waals surface area contributed by atoms with Gasteiger partial charge in [0.05, 0.1) is 21.6 Å². The Morgan fingerprint density at radius 2 is 2.05 bits per heavy atom. The van der Waals surface area contributed by atoms with Crippen molar-refractivity contribution in [3.63, 3.8) is 0 Å². The molecule has 9 heteroatoms. The second-order valence-electron chi connectivity index (χ2n) is 3.36. The van der Waals surface area contributed by atoms with Crippen LogP contribution in [0.3, 0.4) is 0 Å². The van der Waals surface area contributed by atoms with E-state index in [0.717, 1.165) is 0 Å². The van der Waals surface area contributed by atoms with Crippen molar-refractivity contribution in [3.05, 3.63) is 27.0 Å². The zero-order valence-electron chi connectivity index (χ0n) is 9.61. The fourth-order valence-corrected chi connectivity index (χ4v) is 1.71. The summed E-state index contributed by atoms with van der Waals surface area (Å²) in [5, 5.41) is 11.1. The first-order valence-corrected chi connectivity index (χ1v) is 6.05. The fourth-order valence-electron chi connectivity index (χ4n) is 1.14. The van der Waals surface area contributed by atoms with E-state index in [1.807, 2.05) is 0 Å². The van der Waals surface area contributed by atoms with Crippen LogP contribution in [0.5, 0.6) is 0 Å². The molecule has 19 heavy (non-hydrogen) atoms. The number of rotatable bonds is 5. The standard InChI is InChI=1S/C10H9Cl3N2O4/c1-19-5(10(17)18)3-15-9(16)8-7(13)6(12)4(11)2-14-8/h2,5H,3H2,1H3,(H,15,16)(H,17,18). The number of aliphatic carboxylic acids is 1. The number of nitrogens with one attached hydrogen (secondary N) is 1. The van der Waals surface area contributed by atoms with Gasteiger partial charge in [0.2, 0.25) is 0 Å². The average molecular weight is 328 g/mol. The van der Waals surface area contributed by atoms with Gasteiger partial charge >= 0.3 is 5.97 Å². The summed E-state index contributed by atoms with van der Waals surface area (Å²) in [4.78, 5) is 26.2. The summed E-state index contributed by atoms with van der Waals surface area (Å²) in [6.45, 7) is -0.233. The van der Waals surface area contributed by atoms with Gasteiger partial charge in [-0.1, -0.05) is 34.8 Å². The van der Waals surface area contributed by atoms with Gasteiger partial charge in [0.15, 0.2) is 6.10 Å². The lowest BCUT2D eigenvalue weighted by atomic mass is 10.3. The topological polar surface area (TPSA) is 88.5 Å². The molecule has 104 valence electrons. The monoisotopic (exact) mass is 326 g/mol. The van der Waals surface area contributed by atoms with Crippen molar-refractivity contribution >= 4 is 46.7 Å². The highest BCUT2D eigenvalue weighted by atomic mass is 35.5. The minimum Gasteiger partial charge on any atom is -0.479 e. The summed E-state index contributed by atoms with van der Waals surface area (Å²) >= 11 is 17.3. The maximum absolute atomic E-state index is 11.8. The smallest absolute Gasteiger partial charge is 0.334 e. The van der Waals surface area contributed by atoms with E-state index in [1.165, 1.54) is 13.3 Å². The van der Waals surface area contributed by atoms with Crippen LogP contribution in [0.2, 0.25) is 15.1 Å². The lowest BCUT2D eigenvalue weighted by Crippen LogP contribution is -2.38. The molecule has 0 aliphatic heterocycles. The van der Waals surface area contributed by atoms with E-state index in [2.05, 4.69) is 15.0 Å². The zero-order valence-corrected chi connectivity index (χ0v) is 11.9. The number of carbonyl (C=O) groups excluding carboxylic acids is 1. The van der Waals surface area contributed by atoms with E-state index in [9.17, 15) is 9.59 Å². The van der Waals surface area contributed by atoms with E-state index in [4.69, 9.17) is 39.9 Å². The zero-order chi connectivity index (χ0) is 14.6. The van der Waals surface area contributed by atoms with E-state index >= 15 is 0 Å². The third kappa shape index (κ3) is 3.94. The van der Waals surface area contributed by atoms with Crippen molar-refractivity contribution in [1.29, 1.82) is 0 Å². The van der Waals surface area contributed by atoms with E-state index < -0.39 is 18.0 Å². The molecule has 1 aromatic heterocycles. The maximum Gasteiger partial charge on any atom is 0.334 e. The summed E-state index contributed by atoms with van der Waals surface area (Å²) in [6, 6.07) is 0. The van der Waals surface area contributed by atoms with Gasteiger partial charge < -0.3 is 15.2 Å². The lowest BCUT2D eigenvalue weighted by molar-refractivity contribution is -0.148. The van der Waals surface area contributed by atoms with Crippen LogP contribution in [-0.4, -0.2) is 41.7 Å². The number of carboxylic acid groups (broad SMARTS) is 1. The quantitative estimate of drug-likeness (QED) is 0.862. The van der Waals surface area contributed by atoms with Gasteiger partial charge in [-0.25, -0.2) is 9.78 Å². The van der Waals surface area contributed by atoms with Crippen LogP contribution in [0.15, 0.2) is 6.20 Å². The number of aromatic nitrogens is 1. The highest BCUT2D eigenvalue weighted by Gasteiger charge is 2.21. The number of methoxy groups -OCH3 is 1. The second-order valence-corrected chi connectivity index (χ2v) is 4.52. The molecule has 1 rings (SSSR count). The average Bonchev–Trinajstić information content (AvgIpc) is 2.36. The molecule has 1 atom stereocenters. The molecule has 0 aliphatic rings. The molecule has 1 unspecified atom stereocenters. The molecule has 0 fully saturated rings. The highest BCUT2D eigenvalue weighted by Crippen LogP contribution is 2.30. The Morgan fingerprint density at radius 1 is 1.42 bits per heavy atom. The Hall–Kier alpha value is -1.08. The van der Waals surface area contributed by atoms with Crippen LogP contribution in [0.1, 0.15) is 10.5 Å². The van der Waals surface area contributed by atoms with Gasteiger partial charge in [-0.05, 0) is 0 Å². The van der Waals surface area contributed by atoms with Gasteiger partial charge in [-0.15, -0.1) is 0 Å². The summed E-state index contributed by atoms with van der Waals surface area (Å²) < 4.78 is 4.66. The van der Waals surface area contributed by atoms with Crippen LogP contribution in [0, 0.1) is 0 Å². The summed E-state index contributed by atoms with van der Waals surface area (Å²) in [5.74, 6) is -1.87. The van der Waals surface area contributed by atoms with Gasteiger partial charge in [-0.3, -0.25) is 4.79 Å². The minimum atomic E-state index is -1.20. The number of carbonyl (C=O) groups is 2. The Balaban J connectivity index is 2.80. The van der Waals surface area contributed by atoms with E-state index in [1.54, 1.807) is 0 Å². The van der Waals surface area contributed by atoms with Crippen LogP contribution in [0.4, 0.5) is 0 Å². The molecule has 0 spiro atoms. The van der Waals surface area contributed by atoms with Crippen LogP contribution in [0.25, 0.3) is 0 Å². The number of ether oxygens (including phenoxy) is 1. The first-order chi connectivity index (χ1) is 8.88. The Labute approximate surface area is 123 Å². The molecule has 6 nitrogen and oxygen atoms in total. The maximum atomic E-state index is 11.8. The lowest BCUT2D eigenvalue weighted by Gasteiger charge is -2.12. The number of hydrogen-bond donors (Lipinski definition) is 2. The molecule has 0 saturated carbocycles. The van der Waals surface area contributed by atoms with E-state index in [0.29, 0.717) is 0 Å². The number of pyridine rings is 1. The number of nitrogens with zero attached hydrogens (tertiary/aromatic N) is 1. The predicted molar refractivity (Wildman–Crippen MR) is 70.0 cm³/mol. The van der Waals surface area contributed by atoms with Crippen LogP contribution >= 0.6 is 34.8 Å². The Kier molecular flexibility index (Phi) is 5.81. The van der Waals surface area contributed by atoms with E-state index in [-0.39, 0.29) is 27.3 Å². The molecule has 0 radical (unpaired) electrons. The molecule has 0 saturated heterocycles. The number of amides is 1. The molecule has 0 aliphatic carbocycles. The molecule has 2 N–H and O–H groups in total. The number of hydrogen-bond acceptors (Lipinski definition) is 4. The molecular formula is C10H9Cl3N2O4. The van der Waals surface area contributed by atoms with Crippen LogP contribution < -0.4 is 5.32 Å². The summed E-state index contributed by atoms with van der Waals surface area (Å²) in [7, 11) is 1.22. The molecule has 1 heterocycles. The van der Waals surface area contributed by atoms with Crippen LogP contribution in [-0.2, 0) is 9.53 Å². The minimum absolute atomic E-state index is 0.00464. The summed E-state index contributed by atoms with van der Waals surface area (Å²) in [6.07, 6.45) is 0.0147. The first-order valence-electron chi connectivity index (χ1n) is 4.91. The molecule has 0 bridgehead atoms. The van der Waals surface area contributed by atoms with Gasteiger partial charge in [0, 0.05) is 13.3 Å². The summed E-state index contributed by atoms with van der Waals surface area (Å²) in [5.41, 5.74) is -0.142. The molecule has 1 aromatic rings. The third-order valence-electron chi connectivity index (χ3n) is 2.14. The SMILES string of the molecule is COC(CNC(=O)c1ncc(Cl)c(Cl)c1Cl)C(=O)O. The Bertz CT molecular complexity index is 510. The fraction of sp³-hybridized carbons (Fsp3) is 0.300. The van der Waals surface area contributed by atoms with Crippen molar-refractivity contribution in [1.82, 2.24) is 10.3 Å². The van der Waals surface area contributed by atoms with Crippen molar-refractivity contribution in [2.24, 2.45) is 0 Å².